The lowest BCUT2D eigenvalue weighted by Gasteiger charge is -2.30. The van der Waals surface area contributed by atoms with Gasteiger partial charge >= 0.3 is 0 Å². The molecule has 1 saturated heterocycles. The maximum atomic E-state index is 11.6. The van der Waals surface area contributed by atoms with E-state index in [0.29, 0.717) is 12.5 Å². The fourth-order valence-corrected chi connectivity index (χ4v) is 3.89. The first-order valence-electron chi connectivity index (χ1n) is 8.72. The zero-order chi connectivity index (χ0) is 16.7. The van der Waals surface area contributed by atoms with Crippen LogP contribution in [0.2, 0.25) is 0 Å². The van der Waals surface area contributed by atoms with Gasteiger partial charge in [0.2, 0.25) is 11.8 Å². The Kier molecular flexibility index (Phi) is 3.66. The van der Waals surface area contributed by atoms with E-state index in [4.69, 9.17) is 9.51 Å². The van der Waals surface area contributed by atoms with Crippen LogP contribution < -0.4 is 0 Å². The van der Waals surface area contributed by atoms with Crippen molar-refractivity contribution in [1.29, 1.82) is 0 Å². The highest BCUT2D eigenvalue weighted by Crippen LogP contribution is 2.59. The predicted octanol–water partition coefficient (Wildman–Crippen LogP) is 3.24. The highest BCUT2D eigenvalue weighted by molar-refractivity contribution is 5.73. The molecular weight excluding hydrogens is 302 g/mol. The number of likely N-dealkylation sites (tertiary alicyclic amines) is 1. The van der Waals surface area contributed by atoms with E-state index >= 15 is 0 Å². The SMILES string of the molecule is CC(=O)N1CCCC(c2noc([C@@H]3C[C@@]3(C)c3ccccc3)n2)C1. The van der Waals surface area contributed by atoms with Gasteiger partial charge in [-0.1, -0.05) is 42.4 Å². The molecule has 24 heavy (non-hydrogen) atoms. The monoisotopic (exact) mass is 325 g/mol. The zero-order valence-electron chi connectivity index (χ0n) is 14.2. The van der Waals surface area contributed by atoms with Crippen molar-refractivity contribution in [2.24, 2.45) is 0 Å². The number of nitrogens with zero attached hydrogens (tertiary/aromatic N) is 3. The Morgan fingerprint density at radius 3 is 2.88 bits per heavy atom. The van der Waals surface area contributed by atoms with Crippen LogP contribution in [0, 0.1) is 0 Å². The van der Waals surface area contributed by atoms with Crippen molar-refractivity contribution in [3.8, 4) is 0 Å². The normalized spacial score (nSPS) is 29.5. The molecule has 5 nitrogen and oxygen atoms in total. The molecular formula is C19H23N3O2. The highest BCUT2D eigenvalue weighted by atomic mass is 16.5. The van der Waals surface area contributed by atoms with Crippen LogP contribution in [-0.2, 0) is 10.2 Å². The molecule has 4 rings (SSSR count). The Bertz CT molecular complexity index is 742. The van der Waals surface area contributed by atoms with Crippen molar-refractivity contribution in [3.05, 3.63) is 47.6 Å². The Hall–Kier alpha value is -2.17. The Morgan fingerprint density at radius 2 is 2.12 bits per heavy atom. The minimum absolute atomic E-state index is 0.100. The summed E-state index contributed by atoms with van der Waals surface area (Å²) in [5.41, 5.74) is 1.43. The van der Waals surface area contributed by atoms with Gasteiger partial charge in [0, 0.05) is 37.3 Å². The fraction of sp³-hybridized carbons (Fsp3) is 0.526. The fourth-order valence-electron chi connectivity index (χ4n) is 3.89. The molecule has 2 aromatic rings. The van der Waals surface area contributed by atoms with E-state index in [1.807, 2.05) is 11.0 Å². The number of hydrogen-bond acceptors (Lipinski definition) is 4. The van der Waals surface area contributed by atoms with Gasteiger partial charge in [-0.3, -0.25) is 4.79 Å². The van der Waals surface area contributed by atoms with Crippen LogP contribution in [0.3, 0.4) is 0 Å². The molecule has 1 unspecified atom stereocenters. The predicted molar refractivity (Wildman–Crippen MR) is 89.7 cm³/mol. The van der Waals surface area contributed by atoms with Crippen LogP contribution in [0.25, 0.3) is 0 Å². The number of benzene rings is 1. The Labute approximate surface area is 142 Å². The number of rotatable bonds is 3. The summed E-state index contributed by atoms with van der Waals surface area (Å²) in [6, 6.07) is 10.5. The zero-order valence-corrected chi connectivity index (χ0v) is 14.2. The van der Waals surface area contributed by atoms with Gasteiger partial charge < -0.3 is 9.42 Å². The second-order valence-electron chi connectivity index (χ2n) is 7.34. The third kappa shape index (κ3) is 2.62. The van der Waals surface area contributed by atoms with E-state index in [2.05, 4.69) is 36.3 Å². The van der Waals surface area contributed by atoms with Crippen LogP contribution in [0.4, 0.5) is 0 Å². The second-order valence-corrected chi connectivity index (χ2v) is 7.34. The van der Waals surface area contributed by atoms with Gasteiger partial charge in [0.25, 0.3) is 0 Å². The van der Waals surface area contributed by atoms with Gasteiger partial charge in [-0.25, -0.2) is 0 Å². The lowest BCUT2D eigenvalue weighted by atomic mass is 9.95. The molecule has 2 aliphatic rings. The summed E-state index contributed by atoms with van der Waals surface area (Å²) in [4.78, 5) is 18.2. The molecule has 1 amide bonds. The minimum Gasteiger partial charge on any atom is -0.342 e. The van der Waals surface area contributed by atoms with E-state index < -0.39 is 0 Å². The average molecular weight is 325 g/mol. The number of hydrogen-bond donors (Lipinski definition) is 0. The van der Waals surface area contributed by atoms with Crippen LogP contribution in [0.1, 0.15) is 62.2 Å². The maximum absolute atomic E-state index is 11.6. The van der Waals surface area contributed by atoms with Crippen LogP contribution in [0.15, 0.2) is 34.9 Å². The molecule has 2 fully saturated rings. The molecule has 1 aliphatic heterocycles. The lowest BCUT2D eigenvalue weighted by Crippen LogP contribution is -2.37. The number of piperidine rings is 1. The number of carbonyl (C=O) groups is 1. The first-order valence-corrected chi connectivity index (χ1v) is 8.72. The minimum atomic E-state index is 0.100. The first-order chi connectivity index (χ1) is 11.6. The smallest absolute Gasteiger partial charge is 0.230 e. The van der Waals surface area contributed by atoms with Gasteiger partial charge in [-0.05, 0) is 24.8 Å². The molecule has 1 aromatic carbocycles. The van der Waals surface area contributed by atoms with Crippen molar-refractivity contribution < 1.29 is 9.32 Å². The molecule has 0 bridgehead atoms. The van der Waals surface area contributed by atoms with Crippen molar-refractivity contribution in [3.63, 3.8) is 0 Å². The van der Waals surface area contributed by atoms with Gasteiger partial charge in [-0.15, -0.1) is 0 Å². The molecule has 1 aromatic heterocycles. The van der Waals surface area contributed by atoms with Crippen molar-refractivity contribution in [2.75, 3.05) is 13.1 Å². The van der Waals surface area contributed by atoms with E-state index in [-0.39, 0.29) is 17.2 Å². The lowest BCUT2D eigenvalue weighted by molar-refractivity contribution is -0.130. The maximum Gasteiger partial charge on any atom is 0.230 e. The van der Waals surface area contributed by atoms with E-state index in [0.717, 1.165) is 37.5 Å². The summed E-state index contributed by atoms with van der Waals surface area (Å²) in [5.74, 6) is 2.13. The first kappa shape index (κ1) is 15.4. The van der Waals surface area contributed by atoms with E-state index in [1.54, 1.807) is 6.92 Å². The third-order valence-corrected chi connectivity index (χ3v) is 5.66. The molecule has 0 N–H and O–H groups in total. The quantitative estimate of drug-likeness (QED) is 0.869. The van der Waals surface area contributed by atoms with E-state index in [9.17, 15) is 4.79 Å². The van der Waals surface area contributed by atoms with Crippen molar-refractivity contribution in [2.45, 2.75) is 50.4 Å². The van der Waals surface area contributed by atoms with Crippen LogP contribution >= 0.6 is 0 Å². The average Bonchev–Trinajstić information content (AvgIpc) is 3.08. The molecule has 0 spiro atoms. The molecule has 1 saturated carbocycles. The summed E-state index contributed by atoms with van der Waals surface area (Å²) in [6.45, 7) is 5.43. The van der Waals surface area contributed by atoms with Gasteiger partial charge in [0.05, 0.1) is 0 Å². The van der Waals surface area contributed by atoms with Crippen LogP contribution in [-0.4, -0.2) is 34.0 Å². The highest BCUT2D eigenvalue weighted by Gasteiger charge is 2.55. The molecule has 5 heteroatoms. The summed E-state index contributed by atoms with van der Waals surface area (Å²) < 4.78 is 5.59. The van der Waals surface area contributed by atoms with Gasteiger partial charge in [0.1, 0.15) is 0 Å². The van der Waals surface area contributed by atoms with Crippen molar-refractivity contribution in [1.82, 2.24) is 15.0 Å². The van der Waals surface area contributed by atoms with Crippen molar-refractivity contribution >= 4 is 5.91 Å². The third-order valence-electron chi connectivity index (χ3n) is 5.66. The van der Waals surface area contributed by atoms with Crippen LogP contribution in [0.5, 0.6) is 0 Å². The second kappa shape index (κ2) is 5.72. The van der Waals surface area contributed by atoms with Gasteiger partial charge in [-0.2, -0.15) is 4.98 Å². The van der Waals surface area contributed by atoms with Gasteiger partial charge in [0.15, 0.2) is 5.82 Å². The number of amides is 1. The van der Waals surface area contributed by atoms with E-state index in [1.165, 1.54) is 5.56 Å². The molecule has 2 heterocycles. The summed E-state index contributed by atoms with van der Waals surface area (Å²) in [7, 11) is 0. The number of carbonyl (C=O) groups excluding carboxylic acids is 1. The Balaban J connectivity index is 1.49. The summed E-state index contributed by atoms with van der Waals surface area (Å²) in [5, 5.41) is 4.23. The largest absolute Gasteiger partial charge is 0.342 e. The molecule has 126 valence electrons. The Morgan fingerprint density at radius 1 is 1.33 bits per heavy atom. The standard InChI is InChI=1S/C19H23N3O2/c1-13(23)22-10-6-7-14(12-22)17-20-18(24-21-17)16-11-19(16,2)15-8-4-3-5-9-15/h3-5,8-9,14,16H,6-7,10-12H2,1-2H3/t14?,16-,19-/m0/s1. The summed E-state index contributed by atoms with van der Waals surface area (Å²) in [6.07, 6.45) is 3.06. The molecule has 3 atom stereocenters. The number of aromatic nitrogens is 2. The topological polar surface area (TPSA) is 59.2 Å². The molecule has 0 radical (unpaired) electrons. The summed E-state index contributed by atoms with van der Waals surface area (Å²) >= 11 is 0. The molecule has 1 aliphatic carbocycles.